The van der Waals surface area contributed by atoms with Crippen LogP contribution in [0.5, 0.6) is 11.5 Å². The van der Waals surface area contributed by atoms with Gasteiger partial charge in [0.2, 0.25) is 5.91 Å². The number of ether oxygens (including phenoxy) is 2. The molecule has 1 fully saturated rings. The molecule has 1 aliphatic carbocycles. The first-order chi connectivity index (χ1) is 15.9. The third-order valence-corrected chi connectivity index (χ3v) is 6.86. The average molecular weight is 492 g/mol. The SMILES string of the molecule is C=CC(=O)Nc1ccc(F)cc1C1NNC2C=C(c3c(Cl)c(OC)cc(OC)c3Cl)CCC21. The number of hydrogen-bond donors (Lipinski definition) is 3. The molecule has 3 N–H and O–H groups in total. The van der Waals surface area contributed by atoms with Crippen LogP contribution in [0.4, 0.5) is 10.1 Å². The van der Waals surface area contributed by atoms with E-state index in [1.54, 1.807) is 26.4 Å². The number of halogens is 3. The predicted octanol–water partition coefficient (Wildman–Crippen LogP) is 5.29. The Morgan fingerprint density at radius 1 is 1.18 bits per heavy atom. The third kappa shape index (κ3) is 4.46. The van der Waals surface area contributed by atoms with E-state index in [1.807, 2.05) is 0 Å². The Balaban J connectivity index is 1.68. The van der Waals surface area contributed by atoms with Crippen LogP contribution in [-0.4, -0.2) is 26.2 Å². The normalized spacial score (nSPS) is 21.7. The van der Waals surface area contributed by atoms with Crippen molar-refractivity contribution in [2.24, 2.45) is 5.92 Å². The standard InChI is InChI=1S/C24H24Cl2FN3O3/c1-4-20(31)28-16-8-6-13(27)10-15(16)24-14-7-5-12(9-17(14)29-30-24)21-22(25)18(32-2)11-19(33-3)23(21)26/h4,6,8-11,14,17,24,29-30H,1,5,7H2,2-3H3,(H,28,31). The largest absolute Gasteiger partial charge is 0.495 e. The number of hydrogen-bond acceptors (Lipinski definition) is 5. The summed E-state index contributed by atoms with van der Waals surface area (Å²) in [4.78, 5) is 11.9. The first-order valence-corrected chi connectivity index (χ1v) is 11.2. The number of carbonyl (C=O) groups excluding carboxylic acids is 1. The summed E-state index contributed by atoms with van der Waals surface area (Å²) < 4.78 is 24.9. The fourth-order valence-electron chi connectivity index (χ4n) is 4.51. The minimum absolute atomic E-state index is 0.0608. The van der Waals surface area contributed by atoms with E-state index in [0.717, 1.165) is 12.0 Å². The van der Waals surface area contributed by atoms with E-state index < -0.39 is 0 Å². The number of benzene rings is 2. The van der Waals surface area contributed by atoms with Crippen molar-refractivity contribution in [3.05, 3.63) is 70.0 Å². The number of rotatable bonds is 6. The number of fused-ring (bicyclic) bond motifs is 1. The summed E-state index contributed by atoms with van der Waals surface area (Å²) in [5.41, 5.74) is 9.42. The van der Waals surface area contributed by atoms with Crippen molar-refractivity contribution in [3.63, 3.8) is 0 Å². The van der Waals surface area contributed by atoms with Crippen molar-refractivity contribution >= 4 is 40.4 Å². The van der Waals surface area contributed by atoms with Crippen molar-refractivity contribution in [2.75, 3.05) is 19.5 Å². The first kappa shape index (κ1) is 23.6. The van der Waals surface area contributed by atoms with Gasteiger partial charge in [-0.1, -0.05) is 35.9 Å². The van der Waals surface area contributed by atoms with E-state index in [1.165, 1.54) is 18.2 Å². The molecule has 0 radical (unpaired) electrons. The van der Waals surface area contributed by atoms with E-state index in [2.05, 4.69) is 28.8 Å². The Bertz CT molecular complexity index is 1110. The van der Waals surface area contributed by atoms with Gasteiger partial charge < -0.3 is 14.8 Å². The summed E-state index contributed by atoms with van der Waals surface area (Å²) in [7, 11) is 3.08. The predicted molar refractivity (Wildman–Crippen MR) is 128 cm³/mol. The zero-order chi connectivity index (χ0) is 23.7. The minimum Gasteiger partial charge on any atom is -0.495 e. The number of methoxy groups -OCH3 is 2. The number of nitrogens with one attached hydrogen (secondary N) is 3. The lowest BCUT2D eigenvalue weighted by Gasteiger charge is -2.29. The molecule has 1 heterocycles. The first-order valence-electron chi connectivity index (χ1n) is 10.4. The van der Waals surface area contributed by atoms with Crippen LogP contribution in [0.25, 0.3) is 5.57 Å². The molecule has 3 atom stereocenters. The maximum absolute atomic E-state index is 14.1. The monoisotopic (exact) mass is 491 g/mol. The second-order valence-corrected chi connectivity index (χ2v) is 8.65. The fourth-order valence-corrected chi connectivity index (χ4v) is 5.26. The molecule has 0 spiro atoms. The van der Waals surface area contributed by atoms with Crippen molar-refractivity contribution in [3.8, 4) is 11.5 Å². The highest BCUT2D eigenvalue weighted by molar-refractivity contribution is 6.39. The highest BCUT2D eigenvalue weighted by atomic mass is 35.5. The molecule has 2 aliphatic rings. The smallest absolute Gasteiger partial charge is 0.247 e. The highest BCUT2D eigenvalue weighted by Gasteiger charge is 2.39. The Kier molecular flexibility index (Phi) is 6.95. The molecule has 3 unspecified atom stereocenters. The van der Waals surface area contributed by atoms with Crippen LogP contribution >= 0.6 is 23.2 Å². The molecule has 1 aliphatic heterocycles. The molecule has 1 saturated heterocycles. The molecule has 174 valence electrons. The second kappa shape index (κ2) is 9.73. The summed E-state index contributed by atoms with van der Waals surface area (Å²) in [6.07, 6.45) is 4.73. The van der Waals surface area contributed by atoms with Crippen molar-refractivity contribution in [1.82, 2.24) is 10.9 Å². The number of amides is 1. The second-order valence-electron chi connectivity index (χ2n) is 7.90. The molecule has 0 bridgehead atoms. The van der Waals surface area contributed by atoms with Gasteiger partial charge in [-0.2, -0.15) is 0 Å². The maximum atomic E-state index is 14.1. The van der Waals surface area contributed by atoms with Gasteiger partial charge in [-0.05, 0) is 48.3 Å². The summed E-state index contributed by atoms with van der Waals surface area (Å²) in [6, 6.07) is 5.72. The Morgan fingerprint density at radius 3 is 2.52 bits per heavy atom. The van der Waals surface area contributed by atoms with Gasteiger partial charge in [0.15, 0.2) is 0 Å². The van der Waals surface area contributed by atoms with Crippen molar-refractivity contribution in [1.29, 1.82) is 0 Å². The molecule has 2 aromatic carbocycles. The lowest BCUT2D eigenvalue weighted by atomic mass is 9.78. The Labute approximate surface area is 201 Å². The third-order valence-electron chi connectivity index (χ3n) is 6.11. The molecular formula is C24H24Cl2FN3O3. The summed E-state index contributed by atoms with van der Waals surface area (Å²) in [5, 5.41) is 3.62. The summed E-state index contributed by atoms with van der Waals surface area (Å²) >= 11 is 13.2. The van der Waals surface area contributed by atoms with Crippen LogP contribution in [0.15, 0.2) is 43.0 Å². The zero-order valence-electron chi connectivity index (χ0n) is 18.2. The van der Waals surface area contributed by atoms with Gasteiger partial charge in [-0.3, -0.25) is 4.79 Å². The van der Waals surface area contributed by atoms with Gasteiger partial charge in [-0.15, -0.1) is 0 Å². The van der Waals surface area contributed by atoms with E-state index in [-0.39, 0.29) is 29.7 Å². The summed E-state index contributed by atoms with van der Waals surface area (Å²) in [5.74, 6) is 0.343. The number of carbonyl (C=O) groups is 1. The van der Waals surface area contributed by atoms with Gasteiger partial charge in [0.25, 0.3) is 0 Å². The zero-order valence-corrected chi connectivity index (χ0v) is 19.7. The van der Waals surface area contributed by atoms with Gasteiger partial charge in [0.1, 0.15) is 17.3 Å². The van der Waals surface area contributed by atoms with Crippen molar-refractivity contribution in [2.45, 2.75) is 24.9 Å². The molecule has 2 aromatic rings. The topological polar surface area (TPSA) is 71.6 Å². The van der Waals surface area contributed by atoms with E-state index in [4.69, 9.17) is 32.7 Å². The van der Waals surface area contributed by atoms with Gasteiger partial charge in [-0.25, -0.2) is 15.2 Å². The molecule has 6 nitrogen and oxygen atoms in total. The van der Waals surface area contributed by atoms with Crippen LogP contribution < -0.4 is 25.6 Å². The minimum atomic E-state index is -0.374. The molecular weight excluding hydrogens is 468 g/mol. The van der Waals surface area contributed by atoms with Gasteiger partial charge in [0.05, 0.1) is 30.3 Å². The van der Waals surface area contributed by atoms with E-state index in [9.17, 15) is 9.18 Å². The van der Waals surface area contributed by atoms with Crippen LogP contribution in [0.1, 0.15) is 30.0 Å². The van der Waals surface area contributed by atoms with Gasteiger partial charge in [0, 0.05) is 29.3 Å². The molecule has 0 aromatic heterocycles. The number of anilines is 1. The molecule has 9 heteroatoms. The Hall–Kier alpha value is -2.58. The summed E-state index contributed by atoms with van der Waals surface area (Å²) in [6.45, 7) is 3.48. The van der Waals surface area contributed by atoms with Crippen LogP contribution in [-0.2, 0) is 4.79 Å². The lowest BCUT2D eigenvalue weighted by molar-refractivity contribution is -0.111. The lowest BCUT2D eigenvalue weighted by Crippen LogP contribution is -2.31. The van der Waals surface area contributed by atoms with E-state index in [0.29, 0.717) is 44.8 Å². The molecule has 1 amide bonds. The van der Waals surface area contributed by atoms with Crippen LogP contribution in [0.3, 0.4) is 0 Å². The number of hydrazine groups is 1. The fraction of sp³-hybridized carbons (Fsp3) is 0.292. The molecule has 33 heavy (non-hydrogen) atoms. The quantitative estimate of drug-likeness (QED) is 0.479. The highest BCUT2D eigenvalue weighted by Crippen LogP contribution is 2.48. The van der Waals surface area contributed by atoms with Crippen LogP contribution in [0, 0.1) is 11.7 Å². The Morgan fingerprint density at radius 2 is 1.88 bits per heavy atom. The van der Waals surface area contributed by atoms with Crippen LogP contribution in [0.2, 0.25) is 10.0 Å². The maximum Gasteiger partial charge on any atom is 0.247 e. The number of allylic oxidation sites excluding steroid dienone is 1. The van der Waals surface area contributed by atoms with Crippen molar-refractivity contribution < 1.29 is 18.7 Å². The molecule has 4 rings (SSSR count). The molecule has 0 saturated carbocycles. The van der Waals surface area contributed by atoms with E-state index >= 15 is 0 Å². The van der Waals surface area contributed by atoms with Gasteiger partial charge >= 0.3 is 0 Å². The average Bonchev–Trinajstić information content (AvgIpc) is 3.23.